The fraction of sp³-hybridized carbons (Fsp3) is 0.267. The minimum Gasteiger partial charge on any atom is -0.389 e. The second-order valence-electron chi connectivity index (χ2n) is 4.44. The summed E-state index contributed by atoms with van der Waals surface area (Å²) in [5.74, 6) is 0.793. The monoisotopic (exact) mass is 242 g/mol. The maximum absolute atomic E-state index is 9.80. The van der Waals surface area contributed by atoms with Crippen LogP contribution in [0.1, 0.15) is 24.2 Å². The minimum absolute atomic E-state index is 0.528. The molecule has 3 nitrogen and oxygen atoms in total. The first-order chi connectivity index (χ1) is 8.61. The van der Waals surface area contributed by atoms with E-state index in [-0.39, 0.29) is 0 Å². The van der Waals surface area contributed by atoms with Crippen molar-refractivity contribution in [2.75, 3.05) is 11.9 Å². The summed E-state index contributed by atoms with van der Waals surface area (Å²) in [7, 11) is 1.97. The van der Waals surface area contributed by atoms with Crippen LogP contribution in [-0.4, -0.2) is 17.1 Å². The Hall–Kier alpha value is -1.87. The second kappa shape index (κ2) is 5.19. The van der Waals surface area contributed by atoms with Crippen molar-refractivity contribution < 1.29 is 5.11 Å². The number of hydrogen-bond acceptors (Lipinski definition) is 3. The first-order valence-corrected chi connectivity index (χ1v) is 6.03. The van der Waals surface area contributed by atoms with Gasteiger partial charge in [0.25, 0.3) is 0 Å². The number of aliphatic hydroxyl groups is 1. The molecule has 0 aliphatic rings. The highest BCUT2D eigenvalue weighted by molar-refractivity contribution is 5.65. The summed E-state index contributed by atoms with van der Waals surface area (Å²) in [5.41, 5.74) is 3.11. The van der Waals surface area contributed by atoms with Gasteiger partial charge in [0.1, 0.15) is 5.82 Å². The Morgan fingerprint density at radius 1 is 1.17 bits per heavy atom. The largest absolute Gasteiger partial charge is 0.389 e. The zero-order chi connectivity index (χ0) is 13.1. The molecule has 1 N–H and O–H groups in total. The summed E-state index contributed by atoms with van der Waals surface area (Å²) in [5, 5.41) is 9.80. The van der Waals surface area contributed by atoms with Gasteiger partial charge in [-0.05, 0) is 31.5 Å². The van der Waals surface area contributed by atoms with Crippen molar-refractivity contribution in [1.29, 1.82) is 0 Å². The quantitative estimate of drug-likeness (QED) is 0.897. The average molecular weight is 242 g/mol. The van der Waals surface area contributed by atoms with Crippen molar-refractivity contribution in [2.45, 2.75) is 20.0 Å². The fourth-order valence-corrected chi connectivity index (χ4v) is 2.07. The predicted octanol–water partition coefficient (Wildman–Crippen LogP) is 3.21. The van der Waals surface area contributed by atoms with Gasteiger partial charge in [-0.25, -0.2) is 4.98 Å². The van der Waals surface area contributed by atoms with Crippen LogP contribution >= 0.6 is 0 Å². The van der Waals surface area contributed by atoms with Crippen molar-refractivity contribution in [3.8, 4) is 0 Å². The molecule has 0 amide bonds. The van der Waals surface area contributed by atoms with Gasteiger partial charge in [-0.1, -0.05) is 24.3 Å². The third-order valence-electron chi connectivity index (χ3n) is 3.06. The molecule has 0 fully saturated rings. The molecule has 0 aliphatic carbocycles. The van der Waals surface area contributed by atoms with Gasteiger partial charge < -0.3 is 10.0 Å². The van der Waals surface area contributed by atoms with Gasteiger partial charge in [-0.3, -0.25) is 0 Å². The van der Waals surface area contributed by atoms with Crippen LogP contribution in [0.15, 0.2) is 42.6 Å². The molecule has 0 unspecified atom stereocenters. The van der Waals surface area contributed by atoms with Crippen LogP contribution in [-0.2, 0) is 0 Å². The number of aromatic nitrogens is 1. The highest BCUT2D eigenvalue weighted by Crippen LogP contribution is 2.30. The Labute approximate surface area is 108 Å². The van der Waals surface area contributed by atoms with Crippen molar-refractivity contribution in [3.05, 3.63) is 53.7 Å². The van der Waals surface area contributed by atoms with Gasteiger partial charge >= 0.3 is 0 Å². The molecule has 0 aliphatic heterocycles. The van der Waals surface area contributed by atoms with Gasteiger partial charge in [0.15, 0.2) is 0 Å². The van der Waals surface area contributed by atoms with Gasteiger partial charge in [0.2, 0.25) is 0 Å². The van der Waals surface area contributed by atoms with Crippen molar-refractivity contribution >= 4 is 11.5 Å². The fourth-order valence-electron chi connectivity index (χ4n) is 2.07. The number of para-hydroxylation sites is 1. The summed E-state index contributed by atoms with van der Waals surface area (Å²) in [6.07, 6.45) is 1.22. The summed E-state index contributed by atoms with van der Waals surface area (Å²) < 4.78 is 0. The number of aliphatic hydroxyl groups excluding tert-OH is 1. The van der Waals surface area contributed by atoms with Gasteiger partial charge in [-0.15, -0.1) is 0 Å². The Kier molecular flexibility index (Phi) is 3.63. The topological polar surface area (TPSA) is 36.4 Å². The van der Waals surface area contributed by atoms with Gasteiger partial charge in [0.05, 0.1) is 6.10 Å². The van der Waals surface area contributed by atoms with Crippen LogP contribution in [0.25, 0.3) is 0 Å². The number of hydrogen-bond donors (Lipinski definition) is 1. The van der Waals surface area contributed by atoms with Crippen molar-refractivity contribution in [3.63, 3.8) is 0 Å². The highest BCUT2D eigenvalue weighted by atomic mass is 16.3. The summed E-state index contributed by atoms with van der Waals surface area (Å²) >= 11 is 0. The molecule has 1 aromatic heterocycles. The predicted molar refractivity (Wildman–Crippen MR) is 74.1 cm³/mol. The van der Waals surface area contributed by atoms with E-state index in [1.165, 1.54) is 5.56 Å². The van der Waals surface area contributed by atoms with Crippen LogP contribution in [0.4, 0.5) is 11.5 Å². The maximum atomic E-state index is 9.80. The number of aryl methyl sites for hydroxylation is 1. The molecule has 3 heteroatoms. The van der Waals surface area contributed by atoms with E-state index in [1.807, 2.05) is 36.2 Å². The lowest BCUT2D eigenvalue weighted by molar-refractivity contribution is 0.199. The third kappa shape index (κ3) is 2.36. The molecule has 0 spiro atoms. The molecule has 0 saturated carbocycles. The number of nitrogens with zero attached hydrogens (tertiary/aromatic N) is 2. The first-order valence-electron chi connectivity index (χ1n) is 6.03. The van der Waals surface area contributed by atoms with E-state index in [1.54, 1.807) is 13.1 Å². The second-order valence-corrected chi connectivity index (χ2v) is 4.44. The third-order valence-corrected chi connectivity index (χ3v) is 3.06. The van der Waals surface area contributed by atoms with E-state index in [0.29, 0.717) is 0 Å². The molecule has 94 valence electrons. The molecule has 1 heterocycles. The standard InChI is InChI=1S/C15H18N2O/c1-11-7-4-5-9-14(11)17(3)15-13(12(2)18)8-6-10-16-15/h4-10,12,18H,1-3H3/t12-/m1/s1. The lowest BCUT2D eigenvalue weighted by Crippen LogP contribution is -2.15. The van der Waals surface area contributed by atoms with E-state index in [9.17, 15) is 5.11 Å². The van der Waals surface area contributed by atoms with Gasteiger partial charge in [0, 0.05) is 24.5 Å². The molecular weight excluding hydrogens is 224 g/mol. The molecule has 2 aromatic rings. The smallest absolute Gasteiger partial charge is 0.138 e. The number of benzene rings is 1. The zero-order valence-corrected chi connectivity index (χ0v) is 11.0. The van der Waals surface area contributed by atoms with E-state index in [0.717, 1.165) is 17.1 Å². The lowest BCUT2D eigenvalue weighted by atomic mass is 10.1. The van der Waals surface area contributed by atoms with E-state index in [2.05, 4.69) is 24.0 Å². The SMILES string of the molecule is Cc1ccccc1N(C)c1ncccc1[C@@H](C)O. The van der Waals surface area contributed by atoms with Crippen LogP contribution < -0.4 is 4.90 Å². The Bertz CT molecular complexity index is 538. The molecular formula is C15H18N2O. The maximum Gasteiger partial charge on any atom is 0.138 e. The van der Waals surface area contributed by atoms with E-state index >= 15 is 0 Å². The molecule has 0 radical (unpaired) electrons. The number of anilines is 2. The summed E-state index contributed by atoms with van der Waals surface area (Å²) in [6, 6.07) is 11.9. The van der Waals surface area contributed by atoms with E-state index < -0.39 is 6.10 Å². The van der Waals surface area contributed by atoms with Crippen LogP contribution in [0.3, 0.4) is 0 Å². The molecule has 18 heavy (non-hydrogen) atoms. The Morgan fingerprint density at radius 2 is 1.89 bits per heavy atom. The van der Waals surface area contributed by atoms with Crippen molar-refractivity contribution in [2.24, 2.45) is 0 Å². The average Bonchev–Trinajstić information content (AvgIpc) is 2.38. The summed E-state index contributed by atoms with van der Waals surface area (Å²) in [4.78, 5) is 6.39. The van der Waals surface area contributed by atoms with E-state index in [4.69, 9.17) is 0 Å². The first kappa shape index (κ1) is 12.6. The lowest BCUT2D eigenvalue weighted by Gasteiger charge is -2.23. The molecule has 0 bridgehead atoms. The number of rotatable bonds is 3. The molecule has 2 rings (SSSR count). The molecule has 1 atom stereocenters. The zero-order valence-electron chi connectivity index (χ0n) is 11.0. The van der Waals surface area contributed by atoms with Crippen LogP contribution in [0.5, 0.6) is 0 Å². The van der Waals surface area contributed by atoms with Crippen molar-refractivity contribution in [1.82, 2.24) is 4.98 Å². The number of pyridine rings is 1. The van der Waals surface area contributed by atoms with Gasteiger partial charge in [-0.2, -0.15) is 0 Å². The Balaban J connectivity index is 2.46. The summed E-state index contributed by atoms with van der Waals surface area (Å²) in [6.45, 7) is 3.82. The normalized spacial score (nSPS) is 12.2. The molecule has 1 aromatic carbocycles. The molecule has 0 saturated heterocycles. The Morgan fingerprint density at radius 3 is 2.56 bits per heavy atom. The highest BCUT2D eigenvalue weighted by Gasteiger charge is 2.14. The minimum atomic E-state index is -0.528. The van der Waals surface area contributed by atoms with Crippen LogP contribution in [0.2, 0.25) is 0 Å². The van der Waals surface area contributed by atoms with Crippen LogP contribution in [0, 0.1) is 6.92 Å².